The molecule has 0 aromatic heterocycles. The number of Topliss-reactive ketones (excluding diaryl/α,β-unsaturated/α-hetero) is 1. The van der Waals surface area contributed by atoms with Crippen molar-refractivity contribution in [2.45, 2.75) is 25.8 Å². The molecule has 1 N–H and O–H groups in total. The first kappa shape index (κ1) is 12.7. The third-order valence-corrected chi connectivity index (χ3v) is 4.22. The van der Waals surface area contributed by atoms with Gasteiger partial charge in [0.05, 0.1) is 0 Å². The molecule has 1 aromatic carbocycles. The van der Waals surface area contributed by atoms with Gasteiger partial charge in [0.1, 0.15) is 0 Å². The van der Waals surface area contributed by atoms with E-state index in [9.17, 15) is 4.79 Å². The van der Waals surface area contributed by atoms with Crippen LogP contribution in [-0.2, 0) is 6.42 Å². The topological polar surface area (TPSA) is 29.1 Å². The molecule has 1 aliphatic heterocycles. The molecular formula is C14H19NOS. The zero-order valence-corrected chi connectivity index (χ0v) is 11.1. The molecule has 2 nitrogen and oxygen atoms in total. The van der Waals surface area contributed by atoms with Gasteiger partial charge in [-0.2, -0.15) is 11.8 Å². The van der Waals surface area contributed by atoms with Gasteiger partial charge in [-0.3, -0.25) is 4.79 Å². The Balaban J connectivity index is 1.98. The van der Waals surface area contributed by atoms with Crippen molar-refractivity contribution in [3.8, 4) is 0 Å². The van der Waals surface area contributed by atoms with Gasteiger partial charge in [0.15, 0.2) is 5.78 Å². The predicted molar refractivity (Wildman–Crippen MR) is 73.9 cm³/mol. The van der Waals surface area contributed by atoms with Gasteiger partial charge in [0, 0.05) is 36.1 Å². The van der Waals surface area contributed by atoms with Crippen LogP contribution >= 0.6 is 11.8 Å². The quantitative estimate of drug-likeness (QED) is 0.831. The van der Waals surface area contributed by atoms with Crippen LogP contribution in [0.15, 0.2) is 24.3 Å². The number of nitrogens with one attached hydrogen (secondary N) is 1. The summed E-state index contributed by atoms with van der Waals surface area (Å²) < 4.78 is 0. The number of thioether (sulfide) groups is 1. The molecule has 0 aliphatic carbocycles. The summed E-state index contributed by atoms with van der Waals surface area (Å²) in [6.45, 7) is 3.14. The molecule has 0 bridgehead atoms. The van der Waals surface area contributed by atoms with Crippen LogP contribution < -0.4 is 5.32 Å². The smallest absolute Gasteiger partial charge is 0.164 e. The summed E-state index contributed by atoms with van der Waals surface area (Å²) in [5, 5.41) is 3.41. The molecule has 0 saturated carbocycles. The van der Waals surface area contributed by atoms with E-state index in [1.165, 1.54) is 5.56 Å². The number of benzene rings is 1. The van der Waals surface area contributed by atoms with Crippen LogP contribution in [0, 0.1) is 0 Å². The lowest BCUT2D eigenvalue weighted by atomic mass is 10.0. The summed E-state index contributed by atoms with van der Waals surface area (Å²) in [7, 11) is 0. The van der Waals surface area contributed by atoms with Crippen molar-refractivity contribution in [1.82, 2.24) is 5.32 Å². The normalized spacial score (nSPS) is 20.2. The molecule has 1 fully saturated rings. The molecule has 1 aromatic rings. The van der Waals surface area contributed by atoms with Crippen molar-refractivity contribution in [2.75, 3.05) is 18.1 Å². The molecule has 0 radical (unpaired) electrons. The number of carbonyl (C=O) groups excluding carboxylic acids is 1. The Kier molecular flexibility index (Phi) is 4.63. The summed E-state index contributed by atoms with van der Waals surface area (Å²) in [4.78, 5) is 12.1. The average Bonchev–Trinajstić information content (AvgIpc) is 2.40. The Morgan fingerprint density at radius 2 is 2.41 bits per heavy atom. The largest absolute Gasteiger partial charge is 0.312 e. The highest BCUT2D eigenvalue weighted by atomic mass is 32.2. The number of hydrogen-bond acceptors (Lipinski definition) is 3. The van der Waals surface area contributed by atoms with Crippen molar-refractivity contribution in [3.05, 3.63) is 35.4 Å². The Morgan fingerprint density at radius 1 is 1.53 bits per heavy atom. The molecule has 3 heteroatoms. The van der Waals surface area contributed by atoms with Gasteiger partial charge in [0.25, 0.3) is 0 Å². The maximum atomic E-state index is 12.1. The van der Waals surface area contributed by atoms with Crippen molar-refractivity contribution in [2.24, 2.45) is 0 Å². The number of aryl methyl sites for hydroxylation is 1. The number of ketones is 1. The van der Waals surface area contributed by atoms with Gasteiger partial charge < -0.3 is 5.32 Å². The van der Waals surface area contributed by atoms with Gasteiger partial charge in [-0.15, -0.1) is 0 Å². The summed E-state index contributed by atoms with van der Waals surface area (Å²) in [6, 6.07) is 8.36. The zero-order chi connectivity index (χ0) is 12.1. The second-order valence-corrected chi connectivity index (χ2v) is 5.56. The van der Waals surface area contributed by atoms with E-state index in [2.05, 4.69) is 18.3 Å². The maximum Gasteiger partial charge on any atom is 0.164 e. The fourth-order valence-corrected chi connectivity index (χ4v) is 3.01. The molecule has 0 amide bonds. The summed E-state index contributed by atoms with van der Waals surface area (Å²) in [6.07, 6.45) is 1.61. The highest BCUT2D eigenvalue weighted by molar-refractivity contribution is 7.99. The summed E-state index contributed by atoms with van der Waals surface area (Å²) >= 11 is 1.93. The number of hydrogen-bond donors (Lipinski definition) is 1. The maximum absolute atomic E-state index is 12.1. The highest BCUT2D eigenvalue weighted by Gasteiger charge is 2.17. The molecule has 1 atom stereocenters. The SMILES string of the molecule is CCc1cccc(C(=O)CC2CSCCN2)c1. The fraction of sp³-hybridized carbons (Fsp3) is 0.500. The second-order valence-electron chi connectivity index (χ2n) is 4.41. The lowest BCUT2D eigenvalue weighted by Gasteiger charge is -2.22. The van der Waals surface area contributed by atoms with E-state index in [1.807, 2.05) is 30.0 Å². The monoisotopic (exact) mass is 249 g/mol. The Morgan fingerprint density at radius 3 is 3.12 bits per heavy atom. The van der Waals surface area contributed by atoms with E-state index < -0.39 is 0 Å². The second kappa shape index (κ2) is 6.22. The van der Waals surface area contributed by atoms with Gasteiger partial charge in [0.2, 0.25) is 0 Å². The van der Waals surface area contributed by atoms with Crippen molar-refractivity contribution < 1.29 is 4.79 Å². The Labute approximate surface area is 107 Å². The number of rotatable bonds is 4. The molecular weight excluding hydrogens is 230 g/mol. The molecule has 1 heterocycles. The molecule has 1 aliphatic rings. The van der Waals surface area contributed by atoms with Crippen molar-refractivity contribution in [1.29, 1.82) is 0 Å². The third-order valence-electron chi connectivity index (χ3n) is 3.09. The third kappa shape index (κ3) is 3.58. The average molecular weight is 249 g/mol. The standard InChI is InChI=1S/C14H19NOS/c1-2-11-4-3-5-12(8-11)14(16)9-13-10-17-7-6-15-13/h3-5,8,13,15H,2,6-7,9-10H2,1H3. The molecule has 1 unspecified atom stereocenters. The number of carbonyl (C=O) groups is 1. The van der Waals surface area contributed by atoms with Crippen molar-refractivity contribution in [3.63, 3.8) is 0 Å². The van der Waals surface area contributed by atoms with Gasteiger partial charge in [-0.1, -0.05) is 25.1 Å². The molecule has 1 saturated heterocycles. The molecule has 2 rings (SSSR count). The minimum absolute atomic E-state index is 0.264. The van der Waals surface area contributed by atoms with Crippen LogP contribution in [0.5, 0.6) is 0 Å². The first-order valence-corrected chi connectivity index (χ1v) is 7.38. The van der Waals surface area contributed by atoms with Gasteiger partial charge in [-0.05, 0) is 18.1 Å². The first-order valence-electron chi connectivity index (χ1n) is 6.23. The minimum atomic E-state index is 0.264. The Bertz CT molecular complexity index is 386. The summed E-state index contributed by atoms with van der Waals surface area (Å²) in [5.41, 5.74) is 2.10. The molecule has 92 valence electrons. The fourth-order valence-electron chi connectivity index (χ4n) is 2.06. The van der Waals surface area contributed by atoms with E-state index in [0.29, 0.717) is 12.5 Å². The summed E-state index contributed by atoms with van der Waals surface area (Å²) in [5.74, 6) is 2.48. The lowest BCUT2D eigenvalue weighted by Crippen LogP contribution is -2.38. The van der Waals surface area contributed by atoms with E-state index in [-0.39, 0.29) is 5.78 Å². The predicted octanol–water partition coefficient (Wildman–Crippen LogP) is 2.53. The van der Waals surface area contributed by atoms with Crippen molar-refractivity contribution >= 4 is 17.5 Å². The van der Waals surface area contributed by atoms with E-state index in [1.54, 1.807) is 0 Å². The van der Waals surface area contributed by atoms with E-state index in [4.69, 9.17) is 0 Å². The van der Waals surface area contributed by atoms with Crippen LogP contribution in [0.1, 0.15) is 29.3 Å². The molecule has 17 heavy (non-hydrogen) atoms. The van der Waals surface area contributed by atoms with Crippen LogP contribution in [0.2, 0.25) is 0 Å². The first-order chi connectivity index (χ1) is 8.29. The van der Waals surface area contributed by atoms with Crippen LogP contribution in [0.4, 0.5) is 0 Å². The molecule has 0 spiro atoms. The van der Waals surface area contributed by atoms with Crippen LogP contribution in [0.3, 0.4) is 0 Å². The van der Waals surface area contributed by atoms with Crippen LogP contribution in [-0.4, -0.2) is 29.9 Å². The van der Waals surface area contributed by atoms with Gasteiger partial charge >= 0.3 is 0 Å². The Hall–Kier alpha value is -0.800. The van der Waals surface area contributed by atoms with Gasteiger partial charge in [-0.25, -0.2) is 0 Å². The zero-order valence-electron chi connectivity index (χ0n) is 10.2. The highest BCUT2D eigenvalue weighted by Crippen LogP contribution is 2.14. The van der Waals surface area contributed by atoms with E-state index in [0.717, 1.165) is 30.0 Å². The lowest BCUT2D eigenvalue weighted by molar-refractivity contribution is 0.0972. The minimum Gasteiger partial charge on any atom is -0.312 e. The van der Waals surface area contributed by atoms with Crippen LogP contribution in [0.25, 0.3) is 0 Å². The van der Waals surface area contributed by atoms with E-state index >= 15 is 0 Å².